The Bertz CT molecular complexity index is 1130. The van der Waals surface area contributed by atoms with E-state index in [4.69, 9.17) is 14.2 Å². The minimum atomic E-state index is -0.524. The highest BCUT2D eigenvalue weighted by molar-refractivity contribution is 6.11. The molecule has 0 saturated carbocycles. The van der Waals surface area contributed by atoms with Gasteiger partial charge in [0.1, 0.15) is 11.4 Å². The number of anilines is 1. The fraction of sp³-hybridized carbons (Fsp3) is 0.120. The molecule has 0 saturated heterocycles. The Hall–Kier alpha value is -4.26. The number of benzene rings is 3. The zero-order chi connectivity index (χ0) is 22.9. The molecule has 2 amide bonds. The molecule has 3 aromatic rings. The van der Waals surface area contributed by atoms with Gasteiger partial charge >= 0.3 is 0 Å². The SMILES string of the molecule is COc1ccccc1NC(=O)/C(=C\c1cccc(OC)c1OC)NC(=O)c1ccccc1. The first-order valence-corrected chi connectivity index (χ1v) is 9.80. The van der Waals surface area contributed by atoms with Crippen LogP contribution in [0.3, 0.4) is 0 Å². The fourth-order valence-corrected chi connectivity index (χ4v) is 3.06. The number of nitrogens with one attached hydrogen (secondary N) is 2. The average Bonchev–Trinajstić information content (AvgIpc) is 2.84. The summed E-state index contributed by atoms with van der Waals surface area (Å²) in [6.45, 7) is 0. The van der Waals surface area contributed by atoms with Gasteiger partial charge in [-0.25, -0.2) is 0 Å². The minimum absolute atomic E-state index is 0.0244. The van der Waals surface area contributed by atoms with E-state index in [0.29, 0.717) is 34.1 Å². The maximum atomic E-state index is 13.2. The number of para-hydroxylation sites is 3. The Morgan fingerprint density at radius 1 is 0.750 bits per heavy atom. The normalized spacial score (nSPS) is 10.8. The monoisotopic (exact) mass is 432 g/mol. The second-order valence-corrected chi connectivity index (χ2v) is 6.62. The quantitative estimate of drug-likeness (QED) is 0.523. The molecular formula is C25H24N2O5. The van der Waals surface area contributed by atoms with Crippen molar-refractivity contribution in [1.82, 2.24) is 5.32 Å². The van der Waals surface area contributed by atoms with E-state index in [2.05, 4.69) is 10.6 Å². The molecule has 7 heteroatoms. The van der Waals surface area contributed by atoms with Gasteiger partial charge in [0.2, 0.25) is 0 Å². The van der Waals surface area contributed by atoms with E-state index >= 15 is 0 Å². The van der Waals surface area contributed by atoms with Crippen molar-refractivity contribution in [2.75, 3.05) is 26.6 Å². The van der Waals surface area contributed by atoms with Crippen molar-refractivity contribution in [2.45, 2.75) is 0 Å². The molecule has 0 aromatic heterocycles. The highest BCUT2D eigenvalue weighted by Gasteiger charge is 2.18. The van der Waals surface area contributed by atoms with Gasteiger partial charge in [-0.3, -0.25) is 9.59 Å². The lowest BCUT2D eigenvalue weighted by Gasteiger charge is -2.15. The number of hydrogen-bond acceptors (Lipinski definition) is 5. The molecule has 32 heavy (non-hydrogen) atoms. The molecular weight excluding hydrogens is 408 g/mol. The molecule has 0 aliphatic carbocycles. The van der Waals surface area contributed by atoms with Crippen molar-refractivity contribution in [3.05, 3.63) is 89.6 Å². The summed E-state index contributed by atoms with van der Waals surface area (Å²) in [7, 11) is 4.55. The number of methoxy groups -OCH3 is 3. The topological polar surface area (TPSA) is 85.9 Å². The van der Waals surface area contributed by atoms with Crippen molar-refractivity contribution < 1.29 is 23.8 Å². The Morgan fingerprint density at radius 2 is 1.41 bits per heavy atom. The molecule has 7 nitrogen and oxygen atoms in total. The third-order valence-corrected chi connectivity index (χ3v) is 4.62. The predicted molar refractivity (Wildman–Crippen MR) is 123 cm³/mol. The van der Waals surface area contributed by atoms with Gasteiger partial charge in [-0.1, -0.05) is 42.5 Å². The van der Waals surface area contributed by atoms with Crippen LogP contribution in [0, 0.1) is 0 Å². The Balaban J connectivity index is 2.00. The van der Waals surface area contributed by atoms with E-state index in [1.165, 1.54) is 27.4 Å². The maximum absolute atomic E-state index is 13.2. The molecule has 0 spiro atoms. The van der Waals surface area contributed by atoms with Crippen molar-refractivity contribution in [2.24, 2.45) is 0 Å². The zero-order valence-electron chi connectivity index (χ0n) is 18.0. The minimum Gasteiger partial charge on any atom is -0.495 e. The van der Waals surface area contributed by atoms with Crippen LogP contribution in [0.25, 0.3) is 6.08 Å². The number of hydrogen-bond donors (Lipinski definition) is 2. The number of rotatable bonds is 8. The van der Waals surface area contributed by atoms with Crippen LogP contribution < -0.4 is 24.8 Å². The van der Waals surface area contributed by atoms with E-state index in [1.54, 1.807) is 66.7 Å². The summed E-state index contributed by atoms with van der Waals surface area (Å²) < 4.78 is 16.1. The van der Waals surface area contributed by atoms with Crippen LogP contribution in [0.15, 0.2) is 78.5 Å². The lowest BCUT2D eigenvalue weighted by Crippen LogP contribution is -2.30. The molecule has 0 aliphatic heterocycles. The smallest absolute Gasteiger partial charge is 0.272 e. The number of carbonyl (C=O) groups is 2. The van der Waals surface area contributed by atoms with E-state index in [0.717, 1.165) is 0 Å². The van der Waals surface area contributed by atoms with Crippen LogP contribution in [-0.4, -0.2) is 33.1 Å². The van der Waals surface area contributed by atoms with Gasteiger partial charge in [0.15, 0.2) is 11.5 Å². The molecule has 3 aromatic carbocycles. The molecule has 0 fully saturated rings. The van der Waals surface area contributed by atoms with Crippen molar-refractivity contribution in [1.29, 1.82) is 0 Å². The summed E-state index contributed by atoms with van der Waals surface area (Å²) >= 11 is 0. The van der Waals surface area contributed by atoms with Gasteiger partial charge in [-0.2, -0.15) is 0 Å². The second-order valence-electron chi connectivity index (χ2n) is 6.62. The van der Waals surface area contributed by atoms with Crippen LogP contribution in [0.2, 0.25) is 0 Å². The summed E-state index contributed by atoms with van der Waals surface area (Å²) in [5, 5.41) is 5.49. The molecule has 2 N–H and O–H groups in total. The lowest BCUT2D eigenvalue weighted by atomic mass is 10.1. The van der Waals surface area contributed by atoms with Gasteiger partial charge in [0, 0.05) is 11.1 Å². The number of amides is 2. The second kappa shape index (κ2) is 10.7. The predicted octanol–water partition coefficient (Wildman–Crippen LogP) is 4.12. The van der Waals surface area contributed by atoms with Crippen LogP contribution in [0.5, 0.6) is 17.2 Å². The van der Waals surface area contributed by atoms with E-state index < -0.39 is 11.8 Å². The Labute approximate surface area is 186 Å². The van der Waals surface area contributed by atoms with E-state index in [1.807, 2.05) is 6.07 Å². The van der Waals surface area contributed by atoms with Gasteiger partial charge < -0.3 is 24.8 Å². The third-order valence-electron chi connectivity index (χ3n) is 4.62. The van der Waals surface area contributed by atoms with Crippen LogP contribution in [-0.2, 0) is 4.79 Å². The Morgan fingerprint density at radius 3 is 2.09 bits per heavy atom. The summed E-state index contributed by atoms with van der Waals surface area (Å²) in [4.78, 5) is 26.0. The molecule has 0 radical (unpaired) electrons. The number of carbonyl (C=O) groups excluding carboxylic acids is 2. The molecule has 0 heterocycles. The maximum Gasteiger partial charge on any atom is 0.272 e. The number of ether oxygens (including phenoxy) is 3. The van der Waals surface area contributed by atoms with Crippen molar-refractivity contribution in [3.63, 3.8) is 0 Å². The fourth-order valence-electron chi connectivity index (χ4n) is 3.06. The highest BCUT2D eigenvalue weighted by atomic mass is 16.5. The standard InChI is InChI=1S/C25H24N2O5/c1-30-21-14-8-7-13-19(21)26-25(29)20(27-24(28)17-10-5-4-6-11-17)16-18-12-9-15-22(31-2)23(18)32-3/h4-16H,1-3H3,(H,26,29)(H,27,28)/b20-16+. The molecule has 164 valence electrons. The summed E-state index contributed by atoms with van der Waals surface area (Å²) in [5.74, 6) is 0.484. The van der Waals surface area contributed by atoms with Gasteiger partial charge in [0.05, 0.1) is 27.0 Å². The van der Waals surface area contributed by atoms with Gasteiger partial charge in [0.25, 0.3) is 11.8 Å². The summed E-state index contributed by atoms with van der Waals surface area (Å²) in [6, 6.07) is 20.9. The molecule has 0 aliphatic rings. The average molecular weight is 432 g/mol. The molecule has 0 unspecified atom stereocenters. The van der Waals surface area contributed by atoms with Crippen molar-refractivity contribution in [3.8, 4) is 17.2 Å². The van der Waals surface area contributed by atoms with Crippen LogP contribution >= 0.6 is 0 Å². The molecule has 3 rings (SSSR count). The first-order valence-electron chi connectivity index (χ1n) is 9.80. The highest BCUT2D eigenvalue weighted by Crippen LogP contribution is 2.32. The summed E-state index contributed by atoms with van der Waals surface area (Å²) in [5.41, 5.74) is 1.47. The molecule has 0 bridgehead atoms. The van der Waals surface area contributed by atoms with Crippen molar-refractivity contribution >= 4 is 23.6 Å². The summed E-state index contributed by atoms with van der Waals surface area (Å²) in [6.07, 6.45) is 1.53. The van der Waals surface area contributed by atoms with Gasteiger partial charge in [-0.05, 0) is 36.4 Å². The van der Waals surface area contributed by atoms with E-state index in [9.17, 15) is 9.59 Å². The van der Waals surface area contributed by atoms with Crippen LogP contribution in [0.1, 0.15) is 15.9 Å². The third kappa shape index (κ3) is 5.26. The lowest BCUT2D eigenvalue weighted by molar-refractivity contribution is -0.113. The van der Waals surface area contributed by atoms with Gasteiger partial charge in [-0.15, -0.1) is 0 Å². The first-order chi connectivity index (χ1) is 15.6. The van der Waals surface area contributed by atoms with E-state index in [-0.39, 0.29) is 5.70 Å². The molecule has 0 atom stereocenters. The van der Waals surface area contributed by atoms with Crippen LogP contribution in [0.4, 0.5) is 5.69 Å². The largest absolute Gasteiger partial charge is 0.495 e. The Kier molecular flexibility index (Phi) is 7.48. The first kappa shape index (κ1) is 22.4. The zero-order valence-corrected chi connectivity index (χ0v) is 18.0.